The molecule has 2 aliphatic rings. The number of hydrogen-bond acceptors (Lipinski definition) is 6. The summed E-state index contributed by atoms with van der Waals surface area (Å²) in [5, 5.41) is 13.7. The number of aromatic hydroxyl groups is 1. The maximum Gasteiger partial charge on any atom is 0.326 e. The quantitative estimate of drug-likeness (QED) is 0.612. The first kappa shape index (κ1) is 21.2. The number of phenols is 1. The normalized spacial score (nSPS) is 21.1. The molecule has 7 nitrogen and oxygen atoms in total. The number of amides is 1. The molecule has 1 aromatic rings. The average molecular weight is 432 g/mol. The highest BCUT2D eigenvalue weighted by molar-refractivity contribution is 7.99. The van der Waals surface area contributed by atoms with Crippen LogP contribution in [0.2, 0.25) is 0 Å². The van der Waals surface area contributed by atoms with E-state index in [2.05, 4.69) is 19.2 Å². The highest BCUT2D eigenvalue weighted by atomic mass is 32.2. The second-order valence-corrected chi connectivity index (χ2v) is 9.87. The van der Waals surface area contributed by atoms with Crippen molar-refractivity contribution in [3.63, 3.8) is 0 Å². The molecule has 0 bridgehead atoms. The van der Waals surface area contributed by atoms with E-state index in [1.54, 1.807) is 4.72 Å². The predicted octanol–water partition coefficient (Wildman–Crippen LogP) is 2.15. The van der Waals surface area contributed by atoms with Gasteiger partial charge in [-0.25, -0.2) is 13.4 Å². The molecule has 1 aromatic carbocycles. The van der Waals surface area contributed by atoms with Crippen LogP contribution in [0.4, 0.5) is 10.1 Å². The molecule has 1 saturated heterocycles. The van der Waals surface area contributed by atoms with Crippen LogP contribution in [0.5, 0.6) is 5.75 Å². The van der Waals surface area contributed by atoms with Gasteiger partial charge in [-0.3, -0.25) is 4.79 Å². The Bertz CT molecular complexity index is 859. The van der Waals surface area contributed by atoms with Crippen LogP contribution in [0.15, 0.2) is 11.0 Å². The number of rotatable bonds is 7. The van der Waals surface area contributed by atoms with Crippen LogP contribution in [-0.2, 0) is 21.4 Å². The number of thioether (sulfide) groups is 1. The van der Waals surface area contributed by atoms with Crippen molar-refractivity contribution in [2.24, 2.45) is 5.92 Å². The van der Waals surface area contributed by atoms with Gasteiger partial charge in [-0.2, -0.15) is 8.42 Å². The standard InChI is InChI=1S/C18H26FN3O4S2/c1-3-11(4-2)5-6-20-12-7-13-15(27-10-12)8-14(23)18(17(13)19)22-9-16(24)21-28(22,25)26/h8,11-12,20,23H,3-7,9-10H2,1-2H3,(H,21,24)/t12-/m0/s1. The number of nitrogens with zero attached hydrogens (tertiary/aromatic N) is 1. The summed E-state index contributed by atoms with van der Waals surface area (Å²) in [5.74, 6) is -0.609. The monoisotopic (exact) mass is 431 g/mol. The van der Waals surface area contributed by atoms with Crippen molar-refractivity contribution < 1.29 is 22.7 Å². The Morgan fingerprint density at radius 2 is 2.14 bits per heavy atom. The van der Waals surface area contributed by atoms with E-state index in [0.29, 0.717) is 27.1 Å². The van der Waals surface area contributed by atoms with Gasteiger partial charge in [0.25, 0.3) is 5.91 Å². The number of benzene rings is 1. The van der Waals surface area contributed by atoms with Gasteiger partial charge in [-0.1, -0.05) is 26.7 Å². The van der Waals surface area contributed by atoms with E-state index in [-0.39, 0.29) is 6.04 Å². The number of phenolic OH excluding ortho intramolecular Hbond substituents is 1. The molecule has 3 N–H and O–H groups in total. The van der Waals surface area contributed by atoms with Crippen molar-refractivity contribution >= 4 is 33.6 Å². The zero-order chi connectivity index (χ0) is 20.5. The molecule has 10 heteroatoms. The highest BCUT2D eigenvalue weighted by Crippen LogP contribution is 2.42. The van der Waals surface area contributed by atoms with E-state index in [1.807, 2.05) is 0 Å². The maximum absolute atomic E-state index is 15.2. The second-order valence-electron chi connectivity index (χ2n) is 7.21. The Kier molecular flexibility index (Phi) is 6.41. The molecule has 1 amide bonds. The molecule has 2 aliphatic heterocycles. The van der Waals surface area contributed by atoms with Crippen LogP contribution in [0.3, 0.4) is 0 Å². The van der Waals surface area contributed by atoms with Gasteiger partial charge >= 0.3 is 10.2 Å². The number of nitrogens with one attached hydrogen (secondary N) is 2. The first-order valence-corrected chi connectivity index (χ1v) is 11.9. The predicted molar refractivity (Wildman–Crippen MR) is 107 cm³/mol. The van der Waals surface area contributed by atoms with Crippen molar-refractivity contribution in [2.45, 2.75) is 50.5 Å². The minimum Gasteiger partial charge on any atom is -0.506 e. The minimum atomic E-state index is -4.19. The molecule has 0 unspecified atom stereocenters. The van der Waals surface area contributed by atoms with Gasteiger partial charge in [-0.15, -0.1) is 11.8 Å². The van der Waals surface area contributed by atoms with Gasteiger partial charge in [0.05, 0.1) is 0 Å². The maximum atomic E-state index is 15.2. The molecule has 3 rings (SSSR count). The van der Waals surface area contributed by atoms with Crippen LogP contribution in [0, 0.1) is 11.7 Å². The first-order valence-electron chi connectivity index (χ1n) is 9.50. The third kappa shape index (κ3) is 4.23. The smallest absolute Gasteiger partial charge is 0.326 e. The van der Waals surface area contributed by atoms with Crippen molar-refractivity contribution in [2.75, 3.05) is 23.1 Å². The van der Waals surface area contributed by atoms with Gasteiger partial charge in [0.2, 0.25) is 0 Å². The molecule has 0 aliphatic carbocycles. The molecule has 0 saturated carbocycles. The Morgan fingerprint density at radius 3 is 2.75 bits per heavy atom. The molecule has 0 aromatic heterocycles. The van der Waals surface area contributed by atoms with Gasteiger partial charge in [0, 0.05) is 22.3 Å². The lowest BCUT2D eigenvalue weighted by atomic mass is 9.99. The second kappa shape index (κ2) is 8.46. The lowest BCUT2D eigenvalue weighted by molar-refractivity contribution is -0.117. The zero-order valence-corrected chi connectivity index (χ0v) is 17.6. The molecule has 2 heterocycles. The van der Waals surface area contributed by atoms with Crippen LogP contribution < -0.4 is 14.3 Å². The van der Waals surface area contributed by atoms with E-state index < -0.39 is 39.9 Å². The summed E-state index contributed by atoms with van der Waals surface area (Å²) >= 11 is 1.43. The van der Waals surface area contributed by atoms with E-state index in [4.69, 9.17) is 0 Å². The summed E-state index contributed by atoms with van der Waals surface area (Å²) in [6.45, 7) is 4.65. The third-order valence-corrected chi connectivity index (χ3v) is 8.00. The zero-order valence-electron chi connectivity index (χ0n) is 16.0. The fourth-order valence-corrected chi connectivity index (χ4v) is 5.98. The Labute approximate surface area is 169 Å². The van der Waals surface area contributed by atoms with Crippen LogP contribution >= 0.6 is 11.8 Å². The summed E-state index contributed by atoms with van der Waals surface area (Å²) in [7, 11) is -4.19. The fraction of sp³-hybridized carbons (Fsp3) is 0.611. The number of carbonyl (C=O) groups excluding carboxylic acids is 1. The summed E-state index contributed by atoms with van der Waals surface area (Å²) in [5.41, 5.74) is -0.0889. The fourth-order valence-electron chi connectivity index (χ4n) is 3.66. The van der Waals surface area contributed by atoms with Gasteiger partial charge in [-0.05, 0) is 31.4 Å². The van der Waals surface area contributed by atoms with E-state index >= 15 is 4.39 Å². The first-order chi connectivity index (χ1) is 13.3. The van der Waals surface area contributed by atoms with Crippen molar-refractivity contribution in [1.82, 2.24) is 10.0 Å². The van der Waals surface area contributed by atoms with E-state index in [1.165, 1.54) is 17.8 Å². The number of carbonyl (C=O) groups is 1. The lowest BCUT2D eigenvalue weighted by Gasteiger charge is -2.28. The van der Waals surface area contributed by atoms with Crippen LogP contribution in [0.1, 0.15) is 38.7 Å². The Balaban J connectivity index is 1.79. The topological polar surface area (TPSA) is 98.7 Å². The minimum absolute atomic E-state index is 0.0636. The number of halogens is 1. The van der Waals surface area contributed by atoms with Crippen molar-refractivity contribution in [1.29, 1.82) is 0 Å². The molecule has 0 radical (unpaired) electrons. The molecule has 156 valence electrons. The number of hydrogen-bond donors (Lipinski definition) is 3. The summed E-state index contributed by atoms with van der Waals surface area (Å²) < 4.78 is 41.8. The van der Waals surface area contributed by atoms with Crippen LogP contribution in [0.25, 0.3) is 0 Å². The summed E-state index contributed by atoms with van der Waals surface area (Å²) in [6.07, 6.45) is 3.73. The highest BCUT2D eigenvalue weighted by Gasteiger charge is 2.39. The Hall–Kier alpha value is -1.52. The molecule has 1 atom stereocenters. The van der Waals surface area contributed by atoms with E-state index in [0.717, 1.165) is 31.6 Å². The summed E-state index contributed by atoms with van der Waals surface area (Å²) in [4.78, 5) is 12.1. The molecule has 1 fully saturated rings. The van der Waals surface area contributed by atoms with Gasteiger partial charge in [0.15, 0.2) is 5.82 Å². The average Bonchev–Trinajstić information content (AvgIpc) is 2.91. The van der Waals surface area contributed by atoms with Crippen molar-refractivity contribution in [3.05, 3.63) is 17.4 Å². The number of anilines is 1. The van der Waals surface area contributed by atoms with Crippen molar-refractivity contribution in [3.8, 4) is 5.75 Å². The van der Waals surface area contributed by atoms with Gasteiger partial charge in [0.1, 0.15) is 18.0 Å². The van der Waals surface area contributed by atoms with E-state index in [9.17, 15) is 18.3 Å². The number of fused-ring (bicyclic) bond motifs is 1. The van der Waals surface area contributed by atoms with Crippen LogP contribution in [-0.4, -0.2) is 44.3 Å². The largest absolute Gasteiger partial charge is 0.506 e. The molecular formula is C18H26FN3O4S2. The molecule has 28 heavy (non-hydrogen) atoms. The molecular weight excluding hydrogens is 405 g/mol. The third-order valence-electron chi connectivity index (χ3n) is 5.38. The lowest BCUT2D eigenvalue weighted by Crippen LogP contribution is -2.37. The van der Waals surface area contributed by atoms with Gasteiger partial charge < -0.3 is 10.4 Å². The summed E-state index contributed by atoms with van der Waals surface area (Å²) in [6, 6.07) is 1.45. The SMILES string of the molecule is CCC(CC)CCN[C@@H]1CSc2cc(O)c(N3CC(=O)NS3(=O)=O)c(F)c2C1. The molecule has 0 spiro atoms. The Morgan fingerprint density at radius 1 is 1.43 bits per heavy atom.